The fourth-order valence-corrected chi connectivity index (χ4v) is 3.92. The maximum absolute atomic E-state index is 12.4. The second kappa shape index (κ2) is 4.82. The Kier molecular flexibility index (Phi) is 3.25. The third kappa shape index (κ3) is 2.43. The first-order valence-electron chi connectivity index (χ1n) is 6.58. The lowest BCUT2D eigenvalue weighted by atomic mass is 10.0. The van der Waals surface area contributed by atoms with Crippen LogP contribution in [0.1, 0.15) is 5.56 Å². The van der Waals surface area contributed by atoms with E-state index in [2.05, 4.69) is 4.98 Å². The van der Waals surface area contributed by atoms with Gasteiger partial charge in [-0.3, -0.25) is 9.78 Å². The summed E-state index contributed by atoms with van der Waals surface area (Å²) >= 11 is 0. The summed E-state index contributed by atoms with van der Waals surface area (Å²) in [6, 6.07) is 3.79. The summed E-state index contributed by atoms with van der Waals surface area (Å²) in [6.07, 6.45) is 4.62. The number of fused-ring (bicyclic) bond motifs is 1. The number of carbonyl (C=O) groups excluding carboxylic acids is 1. The number of nitrogens with zero attached hydrogens (tertiary/aromatic N) is 3. The molecule has 0 radical (unpaired) electrons. The average Bonchev–Trinajstić information content (AvgIpc) is 2.92. The summed E-state index contributed by atoms with van der Waals surface area (Å²) in [7, 11) is -3.19. The van der Waals surface area contributed by atoms with Crippen LogP contribution in [0.4, 0.5) is 0 Å². The number of sulfonamides is 1. The Morgan fingerprint density at radius 2 is 1.95 bits per heavy atom. The van der Waals surface area contributed by atoms with Gasteiger partial charge in [0.25, 0.3) is 0 Å². The number of likely N-dealkylation sites (tertiary alicyclic amines) is 1. The van der Waals surface area contributed by atoms with Crippen molar-refractivity contribution >= 4 is 15.9 Å². The van der Waals surface area contributed by atoms with Gasteiger partial charge in [-0.05, 0) is 17.7 Å². The van der Waals surface area contributed by atoms with Crippen molar-refractivity contribution in [2.24, 2.45) is 11.8 Å². The molecule has 2 fully saturated rings. The van der Waals surface area contributed by atoms with Gasteiger partial charge in [0, 0.05) is 44.5 Å². The fraction of sp³-hybridized carbons (Fsp3) is 0.538. The molecule has 3 heterocycles. The molecule has 6 nitrogen and oxygen atoms in total. The molecule has 20 heavy (non-hydrogen) atoms. The Morgan fingerprint density at radius 1 is 1.25 bits per heavy atom. The molecule has 0 aromatic carbocycles. The molecule has 0 bridgehead atoms. The minimum absolute atomic E-state index is 0.0676. The van der Waals surface area contributed by atoms with Gasteiger partial charge in [0.1, 0.15) is 0 Å². The zero-order chi connectivity index (χ0) is 14.3. The highest BCUT2D eigenvalue weighted by Crippen LogP contribution is 2.33. The van der Waals surface area contributed by atoms with Crippen LogP contribution in [0.25, 0.3) is 0 Å². The van der Waals surface area contributed by atoms with E-state index in [1.807, 2.05) is 17.0 Å². The van der Waals surface area contributed by atoms with Crippen molar-refractivity contribution in [1.82, 2.24) is 14.2 Å². The molecule has 2 atom stereocenters. The average molecular weight is 295 g/mol. The van der Waals surface area contributed by atoms with Crippen LogP contribution in [0, 0.1) is 11.8 Å². The first-order chi connectivity index (χ1) is 9.45. The second-order valence-electron chi connectivity index (χ2n) is 5.52. The van der Waals surface area contributed by atoms with Gasteiger partial charge in [0.15, 0.2) is 0 Å². The topological polar surface area (TPSA) is 70.6 Å². The van der Waals surface area contributed by atoms with Crippen LogP contribution in [0.15, 0.2) is 24.5 Å². The van der Waals surface area contributed by atoms with E-state index in [0.717, 1.165) is 5.56 Å². The Labute approximate surface area is 118 Å². The number of carbonyl (C=O) groups is 1. The zero-order valence-corrected chi connectivity index (χ0v) is 12.1. The summed E-state index contributed by atoms with van der Waals surface area (Å²) in [6.45, 7) is 2.00. The standard InChI is InChI=1S/C13H17N3O3S/c1-20(18,19)16-8-11-7-15(13(17)12(11)9-16)6-10-2-4-14-5-3-10/h2-5,11-12H,6-9H2,1H3/t11-,12-/m1/s1. The predicted octanol–water partition coefficient (Wildman–Crippen LogP) is -0.0686. The third-order valence-corrected chi connectivity index (χ3v) is 5.32. The van der Waals surface area contributed by atoms with Crippen molar-refractivity contribution in [3.63, 3.8) is 0 Å². The fourth-order valence-electron chi connectivity index (χ4n) is 3.03. The Hall–Kier alpha value is -1.47. The van der Waals surface area contributed by atoms with Gasteiger partial charge in [-0.25, -0.2) is 12.7 Å². The molecular weight excluding hydrogens is 278 g/mol. The van der Waals surface area contributed by atoms with Gasteiger partial charge >= 0.3 is 0 Å². The van der Waals surface area contributed by atoms with E-state index in [-0.39, 0.29) is 17.7 Å². The van der Waals surface area contributed by atoms with Gasteiger partial charge in [-0.1, -0.05) is 0 Å². The monoisotopic (exact) mass is 295 g/mol. The SMILES string of the molecule is CS(=O)(=O)N1C[C@H]2CN(Cc3ccncc3)C(=O)[C@@H]2C1. The number of pyridine rings is 1. The summed E-state index contributed by atoms with van der Waals surface area (Å²) in [5, 5.41) is 0. The van der Waals surface area contributed by atoms with Gasteiger partial charge < -0.3 is 4.90 Å². The minimum Gasteiger partial charge on any atom is -0.338 e. The molecule has 0 saturated carbocycles. The van der Waals surface area contributed by atoms with E-state index in [1.165, 1.54) is 10.6 Å². The first-order valence-corrected chi connectivity index (χ1v) is 8.43. The number of amides is 1. The quantitative estimate of drug-likeness (QED) is 0.783. The van der Waals surface area contributed by atoms with E-state index >= 15 is 0 Å². The molecule has 0 N–H and O–H groups in total. The number of hydrogen-bond donors (Lipinski definition) is 0. The van der Waals surface area contributed by atoms with E-state index in [4.69, 9.17) is 0 Å². The highest BCUT2D eigenvalue weighted by molar-refractivity contribution is 7.88. The van der Waals surface area contributed by atoms with Crippen molar-refractivity contribution in [3.05, 3.63) is 30.1 Å². The van der Waals surface area contributed by atoms with Gasteiger partial charge in [0.05, 0.1) is 12.2 Å². The lowest BCUT2D eigenvalue weighted by molar-refractivity contribution is -0.131. The van der Waals surface area contributed by atoms with E-state index < -0.39 is 10.0 Å². The normalized spacial score (nSPS) is 27.1. The lowest BCUT2D eigenvalue weighted by Crippen LogP contribution is -2.34. The molecule has 1 amide bonds. The van der Waals surface area contributed by atoms with Crippen LogP contribution in [-0.4, -0.2) is 54.4 Å². The summed E-state index contributed by atoms with van der Waals surface area (Å²) in [5.41, 5.74) is 1.05. The highest BCUT2D eigenvalue weighted by Gasteiger charge is 2.48. The summed E-state index contributed by atoms with van der Waals surface area (Å²) < 4.78 is 24.5. The van der Waals surface area contributed by atoms with E-state index in [9.17, 15) is 13.2 Å². The molecule has 0 unspecified atom stereocenters. The number of rotatable bonds is 3. The highest BCUT2D eigenvalue weighted by atomic mass is 32.2. The van der Waals surface area contributed by atoms with Gasteiger partial charge in [-0.15, -0.1) is 0 Å². The smallest absolute Gasteiger partial charge is 0.227 e. The molecule has 1 aromatic rings. The Morgan fingerprint density at radius 3 is 2.55 bits per heavy atom. The molecule has 2 aliphatic heterocycles. The van der Waals surface area contributed by atoms with Gasteiger partial charge in [-0.2, -0.15) is 0 Å². The maximum atomic E-state index is 12.4. The summed E-state index contributed by atoms with van der Waals surface area (Å²) in [5.74, 6) is 0.0172. The van der Waals surface area contributed by atoms with Crippen LogP contribution >= 0.6 is 0 Å². The third-order valence-electron chi connectivity index (χ3n) is 4.08. The molecular formula is C13H17N3O3S. The van der Waals surface area contributed by atoms with Crippen LogP contribution in [0.5, 0.6) is 0 Å². The summed E-state index contributed by atoms with van der Waals surface area (Å²) in [4.78, 5) is 18.1. The largest absolute Gasteiger partial charge is 0.338 e. The first kappa shape index (κ1) is 13.5. The number of hydrogen-bond acceptors (Lipinski definition) is 4. The van der Waals surface area contributed by atoms with Crippen LogP contribution in [-0.2, 0) is 21.4 Å². The zero-order valence-electron chi connectivity index (χ0n) is 11.3. The number of aromatic nitrogens is 1. The van der Waals surface area contributed by atoms with Crippen molar-refractivity contribution in [2.75, 3.05) is 25.9 Å². The molecule has 2 saturated heterocycles. The van der Waals surface area contributed by atoms with Crippen molar-refractivity contribution in [3.8, 4) is 0 Å². The molecule has 0 aliphatic carbocycles. The van der Waals surface area contributed by atoms with Crippen LogP contribution in [0.2, 0.25) is 0 Å². The molecule has 2 aliphatic rings. The maximum Gasteiger partial charge on any atom is 0.227 e. The lowest BCUT2D eigenvalue weighted by Gasteiger charge is -2.20. The Bertz CT molecular complexity index is 617. The molecule has 3 rings (SSSR count). The van der Waals surface area contributed by atoms with E-state index in [1.54, 1.807) is 12.4 Å². The van der Waals surface area contributed by atoms with Crippen molar-refractivity contribution in [2.45, 2.75) is 6.54 Å². The molecule has 7 heteroatoms. The van der Waals surface area contributed by atoms with E-state index in [0.29, 0.717) is 26.2 Å². The molecule has 0 spiro atoms. The van der Waals surface area contributed by atoms with Crippen molar-refractivity contribution < 1.29 is 13.2 Å². The molecule has 1 aromatic heterocycles. The minimum atomic E-state index is -3.19. The van der Waals surface area contributed by atoms with Crippen LogP contribution in [0.3, 0.4) is 0 Å². The molecule has 108 valence electrons. The second-order valence-corrected chi connectivity index (χ2v) is 7.50. The van der Waals surface area contributed by atoms with Crippen molar-refractivity contribution in [1.29, 1.82) is 0 Å². The van der Waals surface area contributed by atoms with Gasteiger partial charge in [0.2, 0.25) is 15.9 Å². The Balaban J connectivity index is 1.69. The van der Waals surface area contributed by atoms with Crippen LogP contribution < -0.4 is 0 Å². The predicted molar refractivity (Wildman–Crippen MR) is 73.1 cm³/mol.